The van der Waals surface area contributed by atoms with Gasteiger partial charge in [-0.1, -0.05) is 51.1 Å². The number of anilines is 3. The van der Waals surface area contributed by atoms with Crippen molar-refractivity contribution in [3.05, 3.63) is 79.9 Å². The topological polar surface area (TPSA) is 84.4 Å². The van der Waals surface area contributed by atoms with Gasteiger partial charge in [-0.05, 0) is 68.5 Å². The van der Waals surface area contributed by atoms with Crippen molar-refractivity contribution in [1.82, 2.24) is 4.90 Å². The summed E-state index contributed by atoms with van der Waals surface area (Å²) >= 11 is 1.65. The molecule has 0 radical (unpaired) electrons. The highest BCUT2D eigenvalue weighted by atomic mass is 32.2. The second-order valence-electron chi connectivity index (χ2n) is 13.3. The van der Waals surface area contributed by atoms with Gasteiger partial charge in [0.2, 0.25) is 11.8 Å². The highest BCUT2D eigenvalue weighted by molar-refractivity contribution is 8.02. The molecule has 7 atom stereocenters. The molecule has 0 aliphatic carbocycles. The zero-order valence-corrected chi connectivity index (χ0v) is 29.2. The summed E-state index contributed by atoms with van der Waals surface area (Å²) < 4.78 is -0.821. The maximum atomic E-state index is 15.1. The number of likely N-dealkylation sites (tertiary alicyclic amines) is 1. The summed E-state index contributed by atoms with van der Waals surface area (Å²) in [5.41, 5.74) is 2.55. The molecule has 2 aromatic carbocycles. The molecule has 3 amide bonds. The molecule has 2 bridgehead atoms. The highest BCUT2D eigenvalue weighted by Gasteiger charge is 2.77. The summed E-state index contributed by atoms with van der Waals surface area (Å²) in [5.74, 6) is -1.93. The number of aliphatic hydroxyl groups is 1. The Morgan fingerprint density at radius 1 is 0.957 bits per heavy atom. The monoisotopic (exact) mass is 658 g/mol. The quantitative estimate of drug-likeness (QED) is 0.265. The van der Waals surface area contributed by atoms with Gasteiger partial charge in [-0.2, -0.15) is 0 Å². The van der Waals surface area contributed by atoms with Crippen molar-refractivity contribution in [1.29, 1.82) is 0 Å². The number of fused-ring (bicyclic) bond motifs is 1. The molecule has 0 saturated carbocycles. The van der Waals surface area contributed by atoms with Gasteiger partial charge in [0.05, 0.1) is 29.2 Å². The minimum Gasteiger partial charge on any atom is -0.394 e. The fourth-order valence-electron chi connectivity index (χ4n) is 8.27. The SMILES string of the molecule is C=CCN(C(=O)C1N([C@@H](CO)C(C)C)C(=O)[C@@H]2[C@@H](C(=O)N(CC=C)c3ccccc3)[C@H]3CC(C)C12S3)c1ccc(N(CC)CC)cc1. The smallest absolute Gasteiger partial charge is 0.251 e. The molecule has 3 aliphatic rings. The normalized spacial score (nSPS) is 26.7. The molecule has 252 valence electrons. The molecule has 3 aliphatic heterocycles. The first-order chi connectivity index (χ1) is 22.6. The molecule has 9 heteroatoms. The summed E-state index contributed by atoms with van der Waals surface area (Å²) in [6, 6.07) is 16.0. The number of carbonyl (C=O) groups excluding carboxylic acids is 3. The molecule has 2 aromatic rings. The van der Waals surface area contributed by atoms with E-state index in [2.05, 4.69) is 38.8 Å². The lowest BCUT2D eigenvalue weighted by molar-refractivity contribution is -0.142. The Balaban J connectivity index is 1.61. The van der Waals surface area contributed by atoms with Crippen LogP contribution in [0.5, 0.6) is 0 Å². The molecule has 8 nitrogen and oxygen atoms in total. The lowest BCUT2D eigenvalue weighted by atomic mass is 9.65. The molecular formula is C38H50N4O4S. The van der Waals surface area contributed by atoms with Gasteiger partial charge in [-0.15, -0.1) is 24.9 Å². The predicted octanol–water partition coefficient (Wildman–Crippen LogP) is 5.63. The fraction of sp³-hybridized carbons (Fsp3) is 0.500. The Kier molecular flexibility index (Phi) is 10.6. The van der Waals surface area contributed by atoms with Crippen molar-refractivity contribution in [2.24, 2.45) is 23.7 Å². The Bertz CT molecular complexity index is 1460. The molecule has 1 N–H and O–H groups in total. The van der Waals surface area contributed by atoms with Crippen LogP contribution < -0.4 is 14.7 Å². The Morgan fingerprint density at radius 2 is 1.51 bits per heavy atom. The van der Waals surface area contributed by atoms with E-state index in [0.717, 1.165) is 36.6 Å². The number of rotatable bonds is 14. The fourth-order valence-corrected chi connectivity index (χ4v) is 10.7. The van der Waals surface area contributed by atoms with E-state index in [1.807, 2.05) is 68.4 Å². The van der Waals surface area contributed by atoms with Crippen LogP contribution in [-0.4, -0.2) is 82.6 Å². The molecule has 3 saturated heterocycles. The van der Waals surface area contributed by atoms with Crippen LogP contribution in [0.15, 0.2) is 79.9 Å². The molecule has 1 spiro atoms. The van der Waals surface area contributed by atoms with Crippen molar-refractivity contribution >= 4 is 46.5 Å². The molecule has 5 rings (SSSR count). The van der Waals surface area contributed by atoms with Gasteiger partial charge in [-0.3, -0.25) is 14.4 Å². The maximum Gasteiger partial charge on any atom is 0.251 e. The van der Waals surface area contributed by atoms with Crippen LogP contribution in [-0.2, 0) is 14.4 Å². The van der Waals surface area contributed by atoms with Crippen LogP contribution in [0, 0.1) is 23.7 Å². The summed E-state index contributed by atoms with van der Waals surface area (Å²) in [4.78, 5) is 52.0. The summed E-state index contributed by atoms with van der Waals surface area (Å²) in [7, 11) is 0. The van der Waals surface area contributed by atoms with E-state index in [-0.39, 0.29) is 48.0 Å². The first kappa shape index (κ1) is 34.8. The number of hydrogen-bond donors (Lipinski definition) is 1. The van der Waals surface area contributed by atoms with Crippen molar-refractivity contribution in [3.8, 4) is 0 Å². The first-order valence-electron chi connectivity index (χ1n) is 17.0. The van der Waals surface area contributed by atoms with E-state index >= 15 is 4.79 Å². The average Bonchev–Trinajstić information content (AvgIpc) is 3.67. The number of amides is 3. The van der Waals surface area contributed by atoms with Crippen LogP contribution in [0.1, 0.15) is 41.0 Å². The maximum absolute atomic E-state index is 15.1. The largest absolute Gasteiger partial charge is 0.394 e. The third-order valence-electron chi connectivity index (χ3n) is 10.5. The summed E-state index contributed by atoms with van der Waals surface area (Å²) in [5, 5.41) is 10.6. The number of thioether (sulfide) groups is 1. The third-order valence-corrected chi connectivity index (χ3v) is 12.6. The van der Waals surface area contributed by atoms with Crippen molar-refractivity contribution in [3.63, 3.8) is 0 Å². The van der Waals surface area contributed by atoms with Gasteiger partial charge in [0.1, 0.15) is 6.04 Å². The molecular weight excluding hydrogens is 609 g/mol. The Hall–Kier alpha value is -3.56. The number of aliphatic hydroxyl groups excluding tert-OH is 1. The molecule has 3 fully saturated rings. The summed E-state index contributed by atoms with van der Waals surface area (Å²) in [6.45, 7) is 20.2. The van der Waals surface area contributed by atoms with E-state index < -0.39 is 28.7 Å². The van der Waals surface area contributed by atoms with Crippen LogP contribution in [0.4, 0.5) is 17.1 Å². The molecule has 0 aromatic heterocycles. The molecule has 3 unspecified atom stereocenters. The van der Waals surface area contributed by atoms with Crippen LogP contribution in [0.3, 0.4) is 0 Å². The lowest BCUT2D eigenvalue weighted by Crippen LogP contribution is -2.60. The van der Waals surface area contributed by atoms with Gasteiger partial charge < -0.3 is 24.7 Å². The lowest BCUT2D eigenvalue weighted by Gasteiger charge is -2.43. The van der Waals surface area contributed by atoms with Crippen LogP contribution in [0.2, 0.25) is 0 Å². The molecule has 47 heavy (non-hydrogen) atoms. The van der Waals surface area contributed by atoms with Gasteiger partial charge in [-0.25, -0.2) is 0 Å². The zero-order chi connectivity index (χ0) is 34.0. The van der Waals surface area contributed by atoms with Crippen molar-refractivity contribution in [2.75, 3.05) is 47.5 Å². The summed E-state index contributed by atoms with van der Waals surface area (Å²) in [6.07, 6.45) is 4.14. The van der Waals surface area contributed by atoms with E-state index in [1.54, 1.807) is 38.6 Å². The van der Waals surface area contributed by atoms with Gasteiger partial charge in [0.15, 0.2) is 0 Å². The highest BCUT2D eigenvalue weighted by Crippen LogP contribution is 2.69. The Labute approximate surface area is 284 Å². The number of benzene rings is 2. The Morgan fingerprint density at radius 3 is 2.04 bits per heavy atom. The minimum atomic E-state index is -0.852. The standard InChI is InChI=1S/C38H50N4O4S/c1-8-21-40(28-15-13-12-14-16-28)35(44)32-31-23-26(7)38(47-31)33(32)36(45)42(30(24-43)25(5)6)34(38)37(46)41(22-9-2)29-19-17-27(18-20-29)39(10-3)11-4/h8-9,12-20,25-26,30-34,43H,1-2,10-11,21-24H2,3-7H3/t26?,30-,31+,32-,33-,34?,38?/m0/s1. The van der Waals surface area contributed by atoms with Crippen molar-refractivity contribution in [2.45, 2.75) is 63.1 Å². The second kappa shape index (κ2) is 14.3. The third kappa shape index (κ3) is 5.79. The average molecular weight is 659 g/mol. The van der Waals surface area contributed by atoms with E-state index in [1.165, 1.54) is 0 Å². The number of para-hydroxylation sites is 1. The zero-order valence-electron chi connectivity index (χ0n) is 28.4. The second-order valence-corrected chi connectivity index (χ2v) is 14.8. The first-order valence-corrected chi connectivity index (χ1v) is 17.8. The number of hydrogen-bond acceptors (Lipinski definition) is 6. The van der Waals surface area contributed by atoms with Gasteiger partial charge in [0, 0.05) is 48.5 Å². The molecule has 3 heterocycles. The van der Waals surface area contributed by atoms with Gasteiger partial charge >= 0.3 is 0 Å². The van der Waals surface area contributed by atoms with E-state index in [4.69, 9.17) is 0 Å². The number of nitrogens with zero attached hydrogens (tertiary/aromatic N) is 4. The van der Waals surface area contributed by atoms with Crippen LogP contribution in [0.25, 0.3) is 0 Å². The van der Waals surface area contributed by atoms with Gasteiger partial charge in [0.25, 0.3) is 5.91 Å². The minimum absolute atomic E-state index is 0.00107. The van der Waals surface area contributed by atoms with Crippen LogP contribution >= 0.6 is 11.8 Å². The van der Waals surface area contributed by atoms with E-state index in [0.29, 0.717) is 6.54 Å². The number of carbonyl (C=O) groups is 3. The van der Waals surface area contributed by atoms with E-state index in [9.17, 15) is 14.7 Å². The van der Waals surface area contributed by atoms with Crippen molar-refractivity contribution < 1.29 is 19.5 Å². The predicted molar refractivity (Wildman–Crippen MR) is 193 cm³/mol.